The van der Waals surface area contributed by atoms with Crippen LogP contribution in [0.5, 0.6) is 0 Å². The van der Waals surface area contributed by atoms with Gasteiger partial charge in [0.2, 0.25) is 0 Å². The van der Waals surface area contributed by atoms with Crippen LogP contribution in [-0.4, -0.2) is 17.1 Å². The Morgan fingerprint density at radius 1 is 1.21 bits per heavy atom. The van der Waals surface area contributed by atoms with Crippen molar-refractivity contribution in [2.24, 2.45) is 0 Å². The van der Waals surface area contributed by atoms with E-state index in [0.717, 1.165) is 17.3 Å². The third-order valence-electron chi connectivity index (χ3n) is 3.48. The Morgan fingerprint density at radius 3 is 2.32 bits per heavy atom. The Morgan fingerprint density at radius 2 is 1.79 bits per heavy atom. The minimum Gasteiger partial charge on any atom is -0.380 e. The van der Waals surface area contributed by atoms with Crippen LogP contribution in [0.1, 0.15) is 40.5 Å². The fourth-order valence-electron chi connectivity index (χ4n) is 3.25. The van der Waals surface area contributed by atoms with Gasteiger partial charge in [-0.3, -0.25) is 0 Å². The predicted octanol–water partition coefficient (Wildman–Crippen LogP) is 4.31. The van der Waals surface area contributed by atoms with Gasteiger partial charge >= 0.3 is 0 Å². The lowest BCUT2D eigenvalue weighted by Gasteiger charge is -2.47. The van der Waals surface area contributed by atoms with Crippen molar-refractivity contribution in [3.8, 4) is 0 Å². The Kier molecular flexibility index (Phi) is 3.94. The van der Waals surface area contributed by atoms with E-state index in [2.05, 4.69) is 54.3 Å². The highest BCUT2D eigenvalue weighted by Crippen LogP contribution is 2.31. The molecule has 0 radical (unpaired) electrons. The van der Waals surface area contributed by atoms with E-state index in [9.17, 15) is 4.39 Å². The second-order valence-electron chi connectivity index (χ2n) is 6.77. The van der Waals surface area contributed by atoms with Crippen LogP contribution in [0.25, 0.3) is 0 Å². The van der Waals surface area contributed by atoms with Gasteiger partial charge in [0.25, 0.3) is 0 Å². The summed E-state index contributed by atoms with van der Waals surface area (Å²) in [5, 5.41) is 6.98. The second-order valence-corrected chi connectivity index (χ2v) is 7.68. The quantitative estimate of drug-likeness (QED) is 0.845. The molecule has 106 valence electrons. The Bertz CT molecular complexity index is 455. The summed E-state index contributed by atoms with van der Waals surface area (Å²) >= 11 is 3.28. The van der Waals surface area contributed by atoms with Crippen LogP contribution in [0.2, 0.25) is 0 Å². The molecule has 2 rings (SSSR count). The normalized spacial score (nSPS) is 22.2. The molecule has 0 spiro atoms. The van der Waals surface area contributed by atoms with Gasteiger partial charge in [-0.2, -0.15) is 0 Å². The molecule has 1 aromatic carbocycles. The van der Waals surface area contributed by atoms with E-state index in [4.69, 9.17) is 0 Å². The minimum absolute atomic E-state index is 0.0608. The summed E-state index contributed by atoms with van der Waals surface area (Å²) in [7, 11) is 0. The smallest absolute Gasteiger partial charge is 0.147 e. The highest BCUT2D eigenvalue weighted by molar-refractivity contribution is 9.10. The van der Waals surface area contributed by atoms with E-state index < -0.39 is 0 Å². The zero-order valence-corrected chi connectivity index (χ0v) is 13.6. The fraction of sp³-hybridized carbons (Fsp3) is 0.600. The van der Waals surface area contributed by atoms with Gasteiger partial charge in [-0.05, 0) is 58.7 Å². The van der Waals surface area contributed by atoms with Gasteiger partial charge in [0.1, 0.15) is 5.82 Å². The number of benzene rings is 1. The number of hydrogen-bond donors (Lipinski definition) is 2. The lowest BCUT2D eigenvalue weighted by molar-refractivity contribution is 0.170. The van der Waals surface area contributed by atoms with Crippen LogP contribution in [0, 0.1) is 5.82 Å². The van der Waals surface area contributed by atoms with Gasteiger partial charge in [0, 0.05) is 21.6 Å². The van der Waals surface area contributed by atoms with Crippen LogP contribution < -0.4 is 10.6 Å². The molecule has 19 heavy (non-hydrogen) atoms. The number of anilines is 1. The number of rotatable bonds is 2. The standard InChI is InChI=1S/C15H22BrFN2/c1-14(2)8-11(9-15(3,4)19-14)18-13-6-5-10(16)7-12(13)17/h5-7,11,18-19H,8-9H2,1-4H3. The molecule has 1 fully saturated rings. The number of halogens is 2. The summed E-state index contributed by atoms with van der Waals surface area (Å²) in [6.07, 6.45) is 1.96. The molecule has 2 nitrogen and oxygen atoms in total. The SMILES string of the molecule is CC1(C)CC(Nc2ccc(Br)cc2F)CC(C)(C)N1. The van der Waals surface area contributed by atoms with Crippen molar-refractivity contribution in [2.45, 2.75) is 57.7 Å². The van der Waals surface area contributed by atoms with Crippen LogP contribution in [0.4, 0.5) is 10.1 Å². The molecular formula is C15H22BrFN2. The second kappa shape index (κ2) is 5.06. The van der Waals surface area contributed by atoms with Crippen molar-refractivity contribution in [1.29, 1.82) is 0 Å². The number of piperidine rings is 1. The van der Waals surface area contributed by atoms with Gasteiger partial charge < -0.3 is 10.6 Å². The summed E-state index contributed by atoms with van der Waals surface area (Å²) in [5.74, 6) is -0.205. The molecule has 1 heterocycles. The maximum atomic E-state index is 13.9. The van der Waals surface area contributed by atoms with Crippen molar-refractivity contribution in [2.75, 3.05) is 5.32 Å². The molecule has 1 aromatic rings. The van der Waals surface area contributed by atoms with E-state index in [1.807, 2.05) is 6.07 Å². The fourth-order valence-corrected chi connectivity index (χ4v) is 3.58. The number of hydrogen-bond acceptors (Lipinski definition) is 2. The van der Waals surface area contributed by atoms with Crippen molar-refractivity contribution < 1.29 is 4.39 Å². The third kappa shape index (κ3) is 3.93. The molecule has 1 aliphatic heterocycles. The van der Waals surface area contributed by atoms with Crippen LogP contribution >= 0.6 is 15.9 Å². The van der Waals surface area contributed by atoms with Crippen molar-refractivity contribution in [3.05, 3.63) is 28.5 Å². The molecule has 0 bridgehead atoms. The van der Waals surface area contributed by atoms with E-state index in [1.165, 1.54) is 6.07 Å². The highest BCUT2D eigenvalue weighted by atomic mass is 79.9. The molecule has 0 saturated carbocycles. The van der Waals surface area contributed by atoms with Crippen LogP contribution in [0.3, 0.4) is 0 Å². The number of nitrogens with one attached hydrogen (secondary N) is 2. The van der Waals surface area contributed by atoms with Gasteiger partial charge in [-0.1, -0.05) is 15.9 Å². The molecule has 0 aromatic heterocycles. The summed E-state index contributed by atoms with van der Waals surface area (Å²) in [6.45, 7) is 8.78. The summed E-state index contributed by atoms with van der Waals surface area (Å²) in [5.41, 5.74) is 0.706. The van der Waals surface area contributed by atoms with Crippen LogP contribution in [0.15, 0.2) is 22.7 Å². The molecule has 4 heteroatoms. The lowest BCUT2D eigenvalue weighted by atomic mass is 9.79. The zero-order valence-electron chi connectivity index (χ0n) is 12.0. The van der Waals surface area contributed by atoms with Gasteiger partial charge in [0.05, 0.1) is 5.69 Å². The average molecular weight is 329 g/mol. The zero-order chi connectivity index (χ0) is 14.3. The molecule has 0 atom stereocenters. The van der Waals surface area contributed by atoms with E-state index in [1.54, 1.807) is 6.07 Å². The van der Waals surface area contributed by atoms with E-state index in [-0.39, 0.29) is 22.9 Å². The molecule has 0 aliphatic carbocycles. The molecule has 0 unspecified atom stereocenters. The molecule has 0 amide bonds. The largest absolute Gasteiger partial charge is 0.380 e. The van der Waals surface area contributed by atoms with E-state index in [0.29, 0.717) is 5.69 Å². The summed E-state index contributed by atoms with van der Waals surface area (Å²) in [4.78, 5) is 0. The van der Waals surface area contributed by atoms with Crippen molar-refractivity contribution in [1.82, 2.24) is 5.32 Å². The molecule has 2 N–H and O–H groups in total. The minimum atomic E-state index is -0.205. The predicted molar refractivity (Wildman–Crippen MR) is 82.0 cm³/mol. The summed E-state index contributed by atoms with van der Waals surface area (Å²) < 4.78 is 14.6. The lowest BCUT2D eigenvalue weighted by Crippen LogP contribution is -2.60. The first-order chi connectivity index (χ1) is 8.67. The van der Waals surface area contributed by atoms with Crippen molar-refractivity contribution >= 4 is 21.6 Å². The first kappa shape index (κ1) is 14.8. The Hall–Kier alpha value is -0.610. The molecule has 1 aliphatic rings. The van der Waals surface area contributed by atoms with Crippen LogP contribution in [-0.2, 0) is 0 Å². The topological polar surface area (TPSA) is 24.1 Å². The Balaban J connectivity index is 2.14. The maximum absolute atomic E-state index is 13.9. The molecular weight excluding hydrogens is 307 g/mol. The Labute approximate surface area is 123 Å². The monoisotopic (exact) mass is 328 g/mol. The van der Waals surface area contributed by atoms with Gasteiger partial charge in [-0.25, -0.2) is 4.39 Å². The van der Waals surface area contributed by atoms with E-state index >= 15 is 0 Å². The van der Waals surface area contributed by atoms with Crippen molar-refractivity contribution in [3.63, 3.8) is 0 Å². The first-order valence-electron chi connectivity index (χ1n) is 6.68. The maximum Gasteiger partial charge on any atom is 0.147 e. The highest BCUT2D eigenvalue weighted by Gasteiger charge is 2.37. The first-order valence-corrected chi connectivity index (χ1v) is 7.47. The summed E-state index contributed by atoms with van der Waals surface area (Å²) in [6, 6.07) is 5.44. The third-order valence-corrected chi connectivity index (χ3v) is 3.97. The van der Waals surface area contributed by atoms with Gasteiger partial charge in [-0.15, -0.1) is 0 Å². The average Bonchev–Trinajstić information content (AvgIpc) is 2.17. The molecule has 1 saturated heterocycles. The van der Waals surface area contributed by atoms with Gasteiger partial charge in [0.15, 0.2) is 0 Å².